The van der Waals surface area contributed by atoms with Gasteiger partial charge in [0, 0.05) is 4.83 Å². The molecule has 1 saturated carbocycles. The van der Waals surface area contributed by atoms with Crippen LogP contribution in [-0.2, 0) is 0 Å². The highest BCUT2D eigenvalue weighted by Crippen LogP contribution is 2.34. The summed E-state index contributed by atoms with van der Waals surface area (Å²) in [6, 6.07) is 0. The van der Waals surface area contributed by atoms with Crippen LogP contribution in [0.15, 0.2) is 0 Å². The van der Waals surface area contributed by atoms with Crippen molar-refractivity contribution in [3.05, 3.63) is 0 Å². The third kappa shape index (κ3) is 5.94. The van der Waals surface area contributed by atoms with Crippen molar-refractivity contribution in [3.63, 3.8) is 0 Å². The molecule has 1 rings (SSSR count). The van der Waals surface area contributed by atoms with E-state index < -0.39 is 0 Å². The molecule has 90 valence electrons. The van der Waals surface area contributed by atoms with Crippen molar-refractivity contribution in [1.82, 2.24) is 0 Å². The molecule has 1 aliphatic rings. The molecule has 0 amide bonds. The van der Waals surface area contributed by atoms with E-state index >= 15 is 0 Å². The molecule has 0 aliphatic heterocycles. The average molecular weight is 275 g/mol. The van der Waals surface area contributed by atoms with Crippen molar-refractivity contribution < 1.29 is 0 Å². The van der Waals surface area contributed by atoms with Gasteiger partial charge in [0.2, 0.25) is 0 Å². The standard InChI is InChI=1S/C14H27Br/c1-2-3-4-5-6-7-8-10-13-11-9-12-14(13)15/h13-14H,2-12H2,1H3. The first-order valence-corrected chi connectivity index (χ1v) is 7.90. The summed E-state index contributed by atoms with van der Waals surface area (Å²) in [5.74, 6) is 1.00. The predicted molar refractivity (Wildman–Crippen MR) is 72.7 cm³/mol. The minimum Gasteiger partial charge on any atom is -0.0888 e. The highest BCUT2D eigenvalue weighted by Gasteiger charge is 2.23. The summed E-state index contributed by atoms with van der Waals surface area (Å²) in [7, 11) is 0. The minimum atomic E-state index is 0.845. The predicted octanol–water partition coefficient (Wildman–Crippen LogP) is 5.69. The fourth-order valence-corrected chi connectivity index (χ4v) is 3.53. The van der Waals surface area contributed by atoms with E-state index in [4.69, 9.17) is 0 Å². The third-order valence-corrected chi connectivity index (χ3v) is 4.95. The van der Waals surface area contributed by atoms with E-state index in [1.54, 1.807) is 0 Å². The maximum Gasteiger partial charge on any atom is 0.0174 e. The van der Waals surface area contributed by atoms with Gasteiger partial charge in [-0.25, -0.2) is 0 Å². The Labute approximate surface area is 104 Å². The summed E-state index contributed by atoms with van der Waals surface area (Å²) in [6.07, 6.45) is 16.0. The first-order chi connectivity index (χ1) is 7.34. The van der Waals surface area contributed by atoms with Gasteiger partial charge in [0.1, 0.15) is 0 Å². The molecule has 1 aliphatic carbocycles. The van der Waals surface area contributed by atoms with Crippen LogP contribution in [0.4, 0.5) is 0 Å². The Bertz CT molecular complexity index is 144. The summed E-state index contributed by atoms with van der Waals surface area (Å²) >= 11 is 3.81. The summed E-state index contributed by atoms with van der Waals surface area (Å²) in [5.41, 5.74) is 0. The van der Waals surface area contributed by atoms with Gasteiger partial charge in [-0.2, -0.15) is 0 Å². The lowest BCUT2D eigenvalue weighted by Gasteiger charge is -2.13. The monoisotopic (exact) mass is 274 g/mol. The van der Waals surface area contributed by atoms with Gasteiger partial charge in [-0.1, -0.05) is 74.2 Å². The van der Waals surface area contributed by atoms with Crippen LogP contribution in [0.3, 0.4) is 0 Å². The van der Waals surface area contributed by atoms with Crippen LogP contribution in [0.2, 0.25) is 0 Å². The fourth-order valence-electron chi connectivity index (χ4n) is 2.68. The molecule has 0 N–H and O–H groups in total. The van der Waals surface area contributed by atoms with Crippen LogP contribution in [0, 0.1) is 5.92 Å². The topological polar surface area (TPSA) is 0 Å². The van der Waals surface area contributed by atoms with E-state index in [2.05, 4.69) is 22.9 Å². The number of alkyl halides is 1. The zero-order valence-corrected chi connectivity index (χ0v) is 11.9. The molecule has 0 radical (unpaired) electrons. The Morgan fingerprint density at radius 3 is 2.20 bits per heavy atom. The molecule has 1 fully saturated rings. The third-order valence-electron chi connectivity index (χ3n) is 3.74. The molecule has 2 unspecified atom stereocenters. The van der Waals surface area contributed by atoms with Crippen molar-refractivity contribution in [1.29, 1.82) is 0 Å². The van der Waals surface area contributed by atoms with Crippen LogP contribution >= 0.6 is 15.9 Å². The lowest BCUT2D eigenvalue weighted by molar-refractivity contribution is 0.471. The minimum absolute atomic E-state index is 0.845. The molecule has 0 nitrogen and oxygen atoms in total. The zero-order valence-electron chi connectivity index (χ0n) is 10.3. The Morgan fingerprint density at radius 1 is 0.933 bits per heavy atom. The van der Waals surface area contributed by atoms with Gasteiger partial charge in [-0.05, 0) is 25.2 Å². The van der Waals surface area contributed by atoms with Crippen molar-refractivity contribution in [2.24, 2.45) is 5.92 Å². The summed E-state index contributed by atoms with van der Waals surface area (Å²) in [4.78, 5) is 0.845. The molecule has 0 heterocycles. The highest BCUT2D eigenvalue weighted by atomic mass is 79.9. The second-order valence-corrected chi connectivity index (χ2v) is 6.29. The highest BCUT2D eigenvalue weighted by molar-refractivity contribution is 9.09. The first-order valence-electron chi connectivity index (χ1n) is 6.98. The van der Waals surface area contributed by atoms with E-state index in [-0.39, 0.29) is 0 Å². The quantitative estimate of drug-likeness (QED) is 0.394. The number of hydrogen-bond donors (Lipinski definition) is 0. The summed E-state index contributed by atoms with van der Waals surface area (Å²) in [6.45, 7) is 2.29. The maximum atomic E-state index is 3.81. The summed E-state index contributed by atoms with van der Waals surface area (Å²) < 4.78 is 0. The second kappa shape index (κ2) is 8.61. The van der Waals surface area contributed by atoms with E-state index in [1.807, 2.05) is 0 Å². The van der Waals surface area contributed by atoms with Gasteiger partial charge in [-0.3, -0.25) is 0 Å². The molecule has 0 spiro atoms. The molecular weight excluding hydrogens is 248 g/mol. The molecule has 2 atom stereocenters. The SMILES string of the molecule is CCCCCCCCCC1CCCC1Br. The lowest BCUT2D eigenvalue weighted by Crippen LogP contribution is -2.05. The maximum absolute atomic E-state index is 3.81. The van der Waals surface area contributed by atoms with Gasteiger partial charge in [0.25, 0.3) is 0 Å². The van der Waals surface area contributed by atoms with E-state index in [0.29, 0.717) is 0 Å². The fraction of sp³-hybridized carbons (Fsp3) is 1.00. The lowest BCUT2D eigenvalue weighted by atomic mass is 9.99. The average Bonchev–Trinajstić information content (AvgIpc) is 2.63. The molecular formula is C14H27Br. The van der Waals surface area contributed by atoms with Crippen LogP contribution in [0.5, 0.6) is 0 Å². The van der Waals surface area contributed by atoms with Gasteiger partial charge in [0.15, 0.2) is 0 Å². The molecule has 15 heavy (non-hydrogen) atoms. The van der Waals surface area contributed by atoms with E-state index in [9.17, 15) is 0 Å². The zero-order chi connectivity index (χ0) is 10.9. The molecule has 0 saturated heterocycles. The Balaban J connectivity index is 1.84. The Morgan fingerprint density at radius 2 is 1.60 bits per heavy atom. The molecule has 0 aromatic rings. The molecule has 0 bridgehead atoms. The second-order valence-electron chi connectivity index (χ2n) is 5.12. The number of unbranched alkanes of at least 4 members (excludes halogenated alkanes) is 6. The smallest absolute Gasteiger partial charge is 0.0174 e. The van der Waals surface area contributed by atoms with E-state index in [0.717, 1.165) is 10.7 Å². The largest absolute Gasteiger partial charge is 0.0888 e. The van der Waals surface area contributed by atoms with Gasteiger partial charge in [-0.15, -0.1) is 0 Å². The number of rotatable bonds is 8. The normalized spacial score (nSPS) is 26.0. The van der Waals surface area contributed by atoms with Crippen molar-refractivity contribution in [2.45, 2.75) is 82.4 Å². The van der Waals surface area contributed by atoms with Crippen LogP contribution < -0.4 is 0 Å². The number of halogens is 1. The van der Waals surface area contributed by atoms with E-state index in [1.165, 1.54) is 70.6 Å². The van der Waals surface area contributed by atoms with Gasteiger partial charge < -0.3 is 0 Å². The van der Waals surface area contributed by atoms with Gasteiger partial charge in [0.05, 0.1) is 0 Å². The van der Waals surface area contributed by atoms with Crippen molar-refractivity contribution in [3.8, 4) is 0 Å². The van der Waals surface area contributed by atoms with Crippen molar-refractivity contribution in [2.75, 3.05) is 0 Å². The Kier molecular flexibility index (Phi) is 7.78. The van der Waals surface area contributed by atoms with Crippen LogP contribution in [0.1, 0.15) is 77.6 Å². The molecule has 1 heteroatoms. The van der Waals surface area contributed by atoms with Crippen molar-refractivity contribution >= 4 is 15.9 Å². The van der Waals surface area contributed by atoms with Gasteiger partial charge >= 0.3 is 0 Å². The number of hydrogen-bond acceptors (Lipinski definition) is 0. The molecule has 0 aromatic carbocycles. The Hall–Kier alpha value is 0.480. The first kappa shape index (κ1) is 13.5. The summed E-state index contributed by atoms with van der Waals surface area (Å²) in [5, 5.41) is 0. The van der Waals surface area contributed by atoms with Crippen LogP contribution in [-0.4, -0.2) is 4.83 Å². The molecule has 0 aromatic heterocycles. The van der Waals surface area contributed by atoms with Crippen LogP contribution in [0.25, 0.3) is 0 Å².